The van der Waals surface area contributed by atoms with Crippen molar-refractivity contribution >= 4 is 17.5 Å². The molecule has 27 heavy (non-hydrogen) atoms. The Labute approximate surface area is 158 Å². The molecule has 2 aromatic carbocycles. The molecule has 0 spiro atoms. The second kappa shape index (κ2) is 8.31. The molecule has 142 valence electrons. The van der Waals surface area contributed by atoms with Crippen LogP contribution in [0.15, 0.2) is 42.5 Å². The van der Waals surface area contributed by atoms with Crippen LogP contribution in [0.4, 0.5) is 10.1 Å². The normalized spacial score (nSPS) is 17.1. The standard InChI is InChI=1S/C21H23FN2O3/c1-14-3-8-18(9-15(14)2)24-12-19(27-13-21(24)26)11-23-20(25)10-16-4-6-17(22)7-5-16/h3-9,19H,10-13H2,1-2H3,(H,23,25). The van der Waals surface area contributed by atoms with Crippen molar-refractivity contribution in [2.24, 2.45) is 0 Å². The van der Waals surface area contributed by atoms with E-state index < -0.39 is 0 Å². The first-order valence-electron chi connectivity index (χ1n) is 8.93. The molecule has 0 radical (unpaired) electrons. The largest absolute Gasteiger partial charge is 0.365 e. The number of morpholine rings is 1. The fraction of sp³-hybridized carbons (Fsp3) is 0.333. The molecule has 0 saturated carbocycles. The maximum absolute atomic E-state index is 12.9. The van der Waals surface area contributed by atoms with Gasteiger partial charge in [0.15, 0.2) is 0 Å². The van der Waals surface area contributed by atoms with Crippen LogP contribution in [0.25, 0.3) is 0 Å². The van der Waals surface area contributed by atoms with Crippen molar-refractivity contribution in [3.63, 3.8) is 0 Å². The number of hydrogen-bond acceptors (Lipinski definition) is 3. The Hall–Kier alpha value is -2.73. The van der Waals surface area contributed by atoms with E-state index >= 15 is 0 Å². The minimum Gasteiger partial charge on any atom is -0.365 e. The summed E-state index contributed by atoms with van der Waals surface area (Å²) in [7, 11) is 0. The van der Waals surface area contributed by atoms with Crippen LogP contribution in [0, 0.1) is 19.7 Å². The van der Waals surface area contributed by atoms with Crippen LogP contribution in [-0.2, 0) is 20.7 Å². The van der Waals surface area contributed by atoms with Crippen LogP contribution in [0.2, 0.25) is 0 Å². The zero-order valence-corrected chi connectivity index (χ0v) is 15.5. The smallest absolute Gasteiger partial charge is 0.253 e. The number of amides is 2. The van der Waals surface area contributed by atoms with Crippen molar-refractivity contribution in [3.8, 4) is 0 Å². The Balaban J connectivity index is 1.56. The molecule has 1 heterocycles. The Morgan fingerprint density at radius 2 is 1.93 bits per heavy atom. The molecule has 6 heteroatoms. The predicted molar refractivity (Wildman–Crippen MR) is 101 cm³/mol. The van der Waals surface area contributed by atoms with E-state index in [0.717, 1.165) is 16.8 Å². The summed E-state index contributed by atoms with van der Waals surface area (Å²) in [6.07, 6.45) is -0.103. The van der Waals surface area contributed by atoms with E-state index in [1.807, 2.05) is 32.0 Å². The van der Waals surface area contributed by atoms with Gasteiger partial charge in [-0.1, -0.05) is 18.2 Å². The molecule has 2 amide bonds. The van der Waals surface area contributed by atoms with Gasteiger partial charge >= 0.3 is 0 Å². The molecule has 3 rings (SSSR count). The number of carbonyl (C=O) groups excluding carboxylic acids is 2. The lowest BCUT2D eigenvalue weighted by atomic mass is 10.1. The van der Waals surface area contributed by atoms with Crippen molar-refractivity contribution in [1.82, 2.24) is 5.32 Å². The number of anilines is 1. The van der Waals surface area contributed by atoms with Crippen molar-refractivity contribution < 1.29 is 18.7 Å². The molecule has 1 unspecified atom stereocenters. The Bertz CT molecular complexity index is 836. The minimum absolute atomic E-state index is 0.00851. The van der Waals surface area contributed by atoms with E-state index in [2.05, 4.69) is 5.32 Å². The summed E-state index contributed by atoms with van der Waals surface area (Å²) in [5.74, 6) is -0.585. The highest BCUT2D eigenvalue weighted by Crippen LogP contribution is 2.21. The van der Waals surface area contributed by atoms with Crippen LogP contribution in [-0.4, -0.2) is 37.6 Å². The molecule has 1 aliphatic rings. The molecule has 1 aliphatic heterocycles. The highest BCUT2D eigenvalue weighted by molar-refractivity contribution is 5.95. The summed E-state index contributed by atoms with van der Waals surface area (Å²) < 4.78 is 18.5. The third-order valence-electron chi connectivity index (χ3n) is 4.74. The molecule has 5 nitrogen and oxygen atoms in total. The fourth-order valence-corrected chi connectivity index (χ4v) is 2.97. The second-order valence-electron chi connectivity index (χ2n) is 6.81. The van der Waals surface area contributed by atoms with Crippen molar-refractivity contribution in [2.45, 2.75) is 26.4 Å². The summed E-state index contributed by atoms with van der Waals surface area (Å²) in [5, 5.41) is 2.83. The van der Waals surface area contributed by atoms with E-state index in [9.17, 15) is 14.0 Å². The van der Waals surface area contributed by atoms with Crippen molar-refractivity contribution in [2.75, 3.05) is 24.6 Å². The van der Waals surface area contributed by atoms with Crippen LogP contribution < -0.4 is 10.2 Å². The predicted octanol–water partition coefficient (Wildman–Crippen LogP) is 2.53. The number of aryl methyl sites for hydroxylation is 2. The van der Waals surface area contributed by atoms with Gasteiger partial charge in [0.05, 0.1) is 19.1 Å². The summed E-state index contributed by atoms with van der Waals surface area (Å²) in [4.78, 5) is 26.0. The Kier molecular flexibility index (Phi) is 5.86. The summed E-state index contributed by atoms with van der Waals surface area (Å²) >= 11 is 0. The first-order chi connectivity index (χ1) is 12.9. The number of hydrogen-bond donors (Lipinski definition) is 1. The number of benzene rings is 2. The molecule has 1 saturated heterocycles. The van der Waals surface area contributed by atoms with Crippen LogP contribution in [0.3, 0.4) is 0 Å². The lowest BCUT2D eigenvalue weighted by Gasteiger charge is -2.33. The highest BCUT2D eigenvalue weighted by Gasteiger charge is 2.27. The van der Waals surface area contributed by atoms with E-state index in [1.165, 1.54) is 17.7 Å². The molecular formula is C21H23FN2O3. The van der Waals surface area contributed by atoms with Gasteiger partial charge in [0, 0.05) is 12.2 Å². The Morgan fingerprint density at radius 1 is 1.19 bits per heavy atom. The molecule has 1 fully saturated rings. The molecule has 0 bridgehead atoms. The van der Waals surface area contributed by atoms with E-state index in [1.54, 1.807) is 17.0 Å². The average Bonchev–Trinajstić information content (AvgIpc) is 2.65. The summed E-state index contributed by atoms with van der Waals surface area (Å²) in [6.45, 7) is 4.73. The molecular weight excluding hydrogens is 347 g/mol. The van der Waals surface area contributed by atoms with Gasteiger partial charge in [-0.3, -0.25) is 9.59 Å². The zero-order chi connectivity index (χ0) is 19.4. The topological polar surface area (TPSA) is 58.6 Å². The SMILES string of the molecule is Cc1ccc(N2CC(CNC(=O)Cc3ccc(F)cc3)OCC2=O)cc1C. The average molecular weight is 370 g/mol. The molecule has 1 N–H and O–H groups in total. The van der Waals surface area contributed by atoms with Gasteiger partial charge in [0.2, 0.25) is 5.91 Å². The highest BCUT2D eigenvalue weighted by atomic mass is 19.1. The van der Waals surface area contributed by atoms with Crippen LogP contribution in [0.5, 0.6) is 0 Å². The first-order valence-corrected chi connectivity index (χ1v) is 8.93. The molecule has 2 aromatic rings. The number of nitrogens with one attached hydrogen (secondary N) is 1. The summed E-state index contributed by atoms with van der Waals surface area (Å²) in [6, 6.07) is 11.8. The molecule has 0 aromatic heterocycles. The number of halogens is 1. The van der Waals surface area contributed by atoms with Gasteiger partial charge in [0.25, 0.3) is 5.91 Å². The van der Waals surface area contributed by atoms with E-state index in [4.69, 9.17) is 4.74 Å². The van der Waals surface area contributed by atoms with Crippen LogP contribution in [0.1, 0.15) is 16.7 Å². The van der Waals surface area contributed by atoms with Crippen molar-refractivity contribution in [1.29, 1.82) is 0 Å². The van der Waals surface area contributed by atoms with E-state index in [-0.39, 0.29) is 36.8 Å². The number of carbonyl (C=O) groups is 2. The van der Waals surface area contributed by atoms with Gasteiger partial charge in [0.1, 0.15) is 12.4 Å². The van der Waals surface area contributed by atoms with Gasteiger partial charge in [-0.05, 0) is 54.8 Å². The summed E-state index contributed by atoms with van der Waals surface area (Å²) in [5.41, 5.74) is 3.87. The van der Waals surface area contributed by atoms with Crippen LogP contribution >= 0.6 is 0 Å². The number of ether oxygens (including phenoxy) is 1. The minimum atomic E-state index is -0.328. The maximum atomic E-state index is 12.9. The Morgan fingerprint density at radius 3 is 2.63 bits per heavy atom. The quantitative estimate of drug-likeness (QED) is 0.880. The van der Waals surface area contributed by atoms with Gasteiger partial charge < -0.3 is 15.0 Å². The number of nitrogens with zero attached hydrogens (tertiary/aromatic N) is 1. The molecule has 0 aliphatic carbocycles. The van der Waals surface area contributed by atoms with Gasteiger partial charge in [-0.15, -0.1) is 0 Å². The third-order valence-corrected chi connectivity index (χ3v) is 4.74. The van der Waals surface area contributed by atoms with E-state index in [0.29, 0.717) is 13.1 Å². The maximum Gasteiger partial charge on any atom is 0.253 e. The zero-order valence-electron chi connectivity index (χ0n) is 15.5. The number of rotatable bonds is 5. The van der Waals surface area contributed by atoms with Crippen molar-refractivity contribution in [3.05, 3.63) is 65.0 Å². The second-order valence-corrected chi connectivity index (χ2v) is 6.81. The monoisotopic (exact) mass is 370 g/mol. The fourth-order valence-electron chi connectivity index (χ4n) is 2.97. The lowest BCUT2D eigenvalue weighted by Crippen LogP contribution is -2.50. The first kappa shape index (κ1) is 19.0. The third kappa shape index (κ3) is 4.92. The van der Waals surface area contributed by atoms with Gasteiger partial charge in [-0.2, -0.15) is 0 Å². The lowest BCUT2D eigenvalue weighted by molar-refractivity contribution is -0.129. The molecule has 1 atom stereocenters. The van der Waals surface area contributed by atoms with Gasteiger partial charge in [-0.25, -0.2) is 4.39 Å².